The van der Waals surface area contributed by atoms with Crippen molar-refractivity contribution in [3.63, 3.8) is 0 Å². The lowest BCUT2D eigenvalue weighted by atomic mass is 10.3. The van der Waals surface area contributed by atoms with E-state index in [-0.39, 0.29) is 0 Å². The zero-order valence-electron chi connectivity index (χ0n) is 6.63. The van der Waals surface area contributed by atoms with E-state index in [1.165, 1.54) is 5.70 Å². The summed E-state index contributed by atoms with van der Waals surface area (Å²) in [4.78, 5) is 4.57. The molecule has 1 atom stereocenters. The van der Waals surface area contributed by atoms with Gasteiger partial charge in [-0.1, -0.05) is 6.08 Å². The molecule has 0 amide bonds. The largest absolute Gasteiger partial charge is 0.354 e. The molecule has 0 fully saturated rings. The molecule has 3 heteroatoms. The minimum Gasteiger partial charge on any atom is -0.354 e. The van der Waals surface area contributed by atoms with Gasteiger partial charge in [0.05, 0.1) is 0 Å². The molecule has 1 rings (SSSR count). The minimum absolute atomic E-state index is 0.516. The van der Waals surface area contributed by atoms with Crippen molar-refractivity contribution in [3.8, 4) is 0 Å². The van der Waals surface area contributed by atoms with Crippen LogP contribution in [0.1, 0.15) is 6.92 Å². The summed E-state index contributed by atoms with van der Waals surface area (Å²) in [7, 11) is 4.26. The number of nitrogens with zero attached hydrogens (tertiary/aromatic N) is 2. The van der Waals surface area contributed by atoms with Crippen molar-refractivity contribution in [1.82, 2.24) is 9.80 Å². The number of alkyl halides is 1. The van der Waals surface area contributed by atoms with Crippen LogP contribution in [0.5, 0.6) is 0 Å². The maximum absolute atomic E-state index is 2.44. The van der Waals surface area contributed by atoms with E-state index < -0.39 is 0 Å². The Morgan fingerprint density at radius 1 is 1.60 bits per heavy atom. The lowest BCUT2D eigenvalue weighted by Crippen LogP contribution is -2.42. The molecule has 58 valence electrons. The normalized spacial score (nSPS) is 28.6. The first-order valence-corrected chi connectivity index (χ1v) is 4.61. The second-order valence-electron chi connectivity index (χ2n) is 2.71. The Bertz CT molecular complexity index is 156. The number of likely N-dealkylation sites (N-methyl/N-ethyl adjacent to an activating group) is 1. The monoisotopic (exact) mass is 252 g/mol. The van der Waals surface area contributed by atoms with E-state index in [1.807, 2.05) is 0 Å². The lowest BCUT2D eigenvalue weighted by molar-refractivity contribution is 0.195. The summed E-state index contributed by atoms with van der Waals surface area (Å²) >= 11 is 2.44. The van der Waals surface area contributed by atoms with Gasteiger partial charge in [0.1, 0.15) is 4.17 Å². The van der Waals surface area contributed by atoms with Crippen LogP contribution in [0.15, 0.2) is 11.8 Å². The molecule has 1 unspecified atom stereocenters. The molecule has 0 aliphatic carbocycles. The average Bonchev–Trinajstić information content (AvgIpc) is 1.93. The molecule has 0 saturated carbocycles. The van der Waals surface area contributed by atoms with Crippen LogP contribution in [0.4, 0.5) is 0 Å². The first kappa shape index (κ1) is 8.33. The molecule has 1 heterocycles. The third-order valence-corrected chi connectivity index (χ3v) is 3.70. The van der Waals surface area contributed by atoms with E-state index in [4.69, 9.17) is 0 Å². The zero-order chi connectivity index (χ0) is 7.72. The van der Waals surface area contributed by atoms with Crippen molar-refractivity contribution >= 4 is 22.6 Å². The molecule has 0 bridgehead atoms. The van der Waals surface area contributed by atoms with Gasteiger partial charge in [0.15, 0.2) is 0 Å². The highest BCUT2D eigenvalue weighted by Gasteiger charge is 2.19. The van der Waals surface area contributed by atoms with Crippen LogP contribution >= 0.6 is 22.6 Å². The standard InChI is InChI=1S/C7H13IN2/c1-6-4-5-9(2)7(8)10(6)3/h4,7H,5H2,1-3H3. The molecule has 0 aromatic heterocycles. The van der Waals surface area contributed by atoms with Gasteiger partial charge in [-0.15, -0.1) is 0 Å². The van der Waals surface area contributed by atoms with Gasteiger partial charge in [0, 0.05) is 19.3 Å². The van der Waals surface area contributed by atoms with Gasteiger partial charge < -0.3 is 4.90 Å². The van der Waals surface area contributed by atoms with Crippen molar-refractivity contribution in [2.24, 2.45) is 0 Å². The second kappa shape index (κ2) is 3.09. The number of rotatable bonds is 0. The molecule has 0 saturated heterocycles. The Morgan fingerprint density at radius 3 is 2.70 bits per heavy atom. The van der Waals surface area contributed by atoms with Gasteiger partial charge in [-0.3, -0.25) is 4.90 Å². The maximum atomic E-state index is 2.44. The first-order chi connectivity index (χ1) is 4.63. The average molecular weight is 252 g/mol. The van der Waals surface area contributed by atoms with Crippen LogP contribution in [0, 0.1) is 0 Å². The van der Waals surface area contributed by atoms with E-state index >= 15 is 0 Å². The summed E-state index contributed by atoms with van der Waals surface area (Å²) < 4.78 is 0.516. The molecule has 0 spiro atoms. The number of hydrogen-bond acceptors (Lipinski definition) is 2. The van der Waals surface area contributed by atoms with Crippen LogP contribution < -0.4 is 0 Å². The molecular weight excluding hydrogens is 239 g/mol. The van der Waals surface area contributed by atoms with E-state index in [2.05, 4.69) is 59.5 Å². The molecule has 2 nitrogen and oxygen atoms in total. The van der Waals surface area contributed by atoms with Gasteiger partial charge in [-0.05, 0) is 36.6 Å². The van der Waals surface area contributed by atoms with Crippen LogP contribution in [0.2, 0.25) is 0 Å². The van der Waals surface area contributed by atoms with Crippen molar-refractivity contribution in [2.75, 3.05) is 20.6 Å². The lowest BCUT2D eigenvalue weighted by Gasteiger charge is -2.36. The molecule has 0 aromatic rings. The summed E-state index contributed by atoms with van der Waals surface area (Å²) in [5.74, 6) is 0. The highest BCUT2D eigenvalue weighted by atomic mass is 127. The smallest absolute Gasteiger partial charge is 0.135 e. The number of halogens is 1. The predicted octanol–water partition coefficient (Wildman–Crippen LogP) is 1.49. The highest BCUT2D eigenvalue weighted by Crippen LogP contribution is 2.19. The summed E-state index contributed by atoms with van der Waals surface area (Å²) in [6, 6.07) is 0. The maximum Gasteiger partial charge on any atom is 0.135 e. The Balaban J connectivity index is 2.71. The Labute approximate surface area is 76.0 Å². The Morgan fingerprint density at radius 2 is 2.20 bits per heavy atom. The molecule has 1 aliphatic heterocycles. The van der Waals surface area contributed by atoms with E-state index in [9.17, 15) is 0 Å². The van der Waals surface area contributed by atoms with Gasteiger partial charge in [-0.2, -0.15) is 0 Å². The highest BCUT2D eigenvalue weighted by molar-refractivity contribution is 14.1. The number of allylic oxidation sites excluding steroid dienone is 1. The summed E-state index contributed by atoms with van der Waals surface area (Å²) in [5.41, 5.74) is 1.37. The van der Waals surface area contributed by atoms with Crippen LogP contribution in [0.25, 0.3) is 0 Å². The molecule has 10 heavy (non-hydrogen) atoms. The van der Waals surface area contributed by atoms with E-state index in [0.717, 1.165) is 6.54 Å². The van der Waals surface area contributed by atoms with Gasteiger partial charge in [0.2, 0.25) is 0 Å². The minimum atomic E-state index is 0.516. The van der Waals surface area contributed by atoms with Gasteiger partial charge in [-0.25, -0.2) is 0 Å². The SMILES string of the molecule is CC1=CCN(C)C(I)N1C. The van der Waals surface area contributed by atoms with Crippen molar-refractivity contribution < 1.29 is 0 Å². The van der Waals surface area contributed by atoms with E-state index in [1.54, 1.807) is 0 Å². The fourth-order valence-electron chi connectivity index (χ4n) is 0.971. The fourth-order valence-corrected chi connectivity index (χ4v) is 1.64. The molecular formula is C7H13IN2. The molecule has 0 aromatic carbocycles. The molecule has 1 aliphatic rings. The summed E-state index contributed by atoms with van der Waals surface area (Å²) in [6.07, 6.45) is 2.25. The Hall–Kier alpha value is 0.230. The van der Waals surface area contributed by atoms with Crippen molar-refractivity contribution in [2.45, 2.75) is 11.1 Å². The Kier molecular flexibility index (Phi) is 2.57. The molecule has 0 N–H and O–H groups in total. The topological polar surface area (TPSA) is 6.48 Å². The van der Waals surface area contributed by atoms with Gasteiger partial charge >= 0.3 is 0 Å². The summed E-state index contributed by atoms with van der Waals surface area (Å²) in [6.45, 7) is 3.22. The van der Waals surface area contributed by atoms with Crippen molar-refractivity contribution in [3.05, 3.63) is 11.8 Å². The first-order valence-electron chi connectivity index (χ1n) is 3.37. The fraction of sp³-hybridized carbons (Fsp3) is 0.714. The second-order valence-corrected chi connectivity index (χ2v) is 3.82. The van der Waals surface area contributed by atoms with Gasteiger partial charge in [0.25, 0.3) is 0 Å². The number of hydrogen-bond donors (Lipinski definition) is 0. The quantitative estimate of drug-likeness (QED) is 0.366. The van der Waals surface area contributed by atoms with E-state index in [0.29, 0.717) is 4.17 Å². The third kappa shape index (κ3) is 1.45. The molecule has 0 radical (unpaired) electrons. The van der Waals surface area contributed by atoms with Crippen molar-refractivity contribution in [1.29, 1.82) is 0 Å². The van der Waals surface area contributed by atoms with Crippen LogP contribution in [0.3, 0.4) is 0 Å². The zero-order valence-corrected chi connectivity index (χ0v) is 8.79. The predicted molar refractivity (Wildman–Crippen MR) is 52.0 cm³/mol. The summed E-state index contributed by atoms with van der Waals surface area (Å²) in [5, 5.41) is 0. The van der Waals surface area contributed by atoms with Crippen LogP contribution in [-0.2, 0) is 0 Å². The van der Waals surface area contributed by atoms with Crippen LogP contribution in [-0.4, -0.2) is 34.6 Å². The third-order valence-electron chi connectivity index (χ3n) is 1.91.